The molecule has 1 N–H and O–H groups in total. The average molecular weight is 539 g/mol. The first kappa shape index (κ1) is 30.6. The van der Waals surface area contributed by atoms with Crippen molar-refractivity contribution in [1.29, 1.82) is 0 Å². The topological polar surface area (TPSA) is 51.2 Å². The van der Waals surface area contributed by atoms with Crippen molar-refractivity contribution < 1.29 is 18.7 Å². The highest BCUT2D eigenvalue weighted by molar-refractivity contribution is 6.74. The molecule has 0 spiro atoms. The second kappa shape index (κ2) is 10.2. The molecule has 7 atom stereocenters. The van der Waals surface area contributed by atoms with Gasteiger partial charge < -0.3 is 18.7 Å². The summed E-state index contributed by atoms with van der Waals surface area (Å²) in [6.45, 7) is 28.2. The van der Waals surface area contributed by atoms with Gasteiger partial charge in [-0.3, -0.25) is 0 Å². The summed E-state index contributed by atoms with van der Waals surface area (Å²) in [4.78, 5) is 0. The highest BCUT2D eigenvalue weighted by Gasteiger charge is 2.71. The quantitative estimate of drug-likeness (QED) is 0.125. The van der Waals surface area contributed by atoms with Crippen molar-refractivity contribution in [2.24, 2.45) is 17.8 Å². The molecule has 210 valence electrons. The molecule has 3 unspecified atom stereocenters. The predicted molar refractivity (Wildman–Crippen MR) is 156 cm³/mol. The van der Waals surface area contributed by atoms with Gasteiger partial charge in [-0.05, 0) is 74.3 Å². The third-order valence-corrected chi connectivity index (χ3v) is 19.6. The van der Waals surface area contributed by atoms with Gasteiger partial charge in [0, 0.05) is 5.92 Å². The molecule has 0 bridgehead atoms. The van der Waals surface area contributed by atoms with E-state index in [0.717, 1.165) is 19.3 Å². The highest BCUT2D eigenvalue weighted by atomic mass is 28.4. The van der Waals surface area contributed by atoms with Gasteiger partial charge in [-0.25, -0.2) is 0 Å². The maximum Gasteiger partial charge on any atom is 0.193 e. The molecule has 2 saturated carbocycles. The maximum absolute atomic E-state index is 10.1. The van der Waals surface area contributed by atoms with Crippen molar-refractivity contribution in [2.75, 3.05) is 6.61 Å². The van der Waals surface area contributed by atoms with Gasteiger partial charge in [0.1, 0.15) is 5.60 Å². The van der Waals surface area contributed by atoms with Gasteiger partial charge >= 0.3 is 0 Å². The van der Waals surface area contributed by atoms with Crippen LogP contribution in [0.25, 0.3) is 0 Å². The van der Waals surface area contributed by atoms with Crippen LogP contribution in [0.3, 0.4) is 0 Å². The largest absolute Gasteiger partial charge is 0.413 e. The number of aliphatic hydroxyl groups is 1. The Morgan fingerprint density at radius 3 is 2.08 bits per heavy atom. The minimum atomic E-state index is -1.93. The van der Waals surface area contributed by atoms with E-state index < -0.39 is 16.6 Å². The van der Waals surface area contributed by atoms with E-state index in [1.165, 1.54) is 19.3 Å². The molecule has 0 amide bonds. The summed E-state index contributed by atoms with van der Waals surface area (Å²) in [6, 6.07) is 0. The Morgan fingerprint density at radius 2 is 1.56 bits per heavy atom. The van der Waals surface area contributed by atoms with Crippen LogP contribution in [0.2, 0.25) is 36.3 Å². The van der Waals surface area contributed by atoms with Crippen LogP contribution >= 0.6 is 0 Å². The van der Waals surface area contributed by atoms with Gasteiger partial charge in [0.2, 0.25) is 0 Å². The summed E-state index contributed by atoms with van der Waals surface area (Å²) < 4.78 is 20.3. The Morgan fingerprint density at radius 1 is 0.944 bits per heavy atom. The predicted octanol–water partition coefficient (Wildman–Crippen LogP) is 8.08. The van der Waals surface area contributed by atoms with Crippen LogP contribution in [0, 0.1) is 17.8 Å². The van der Waals surface area contributed by atoms with Crippen LogP contribution in [-0.2, 0) is 13.6 Å². The lowest BCUT2D eigenvalue weighted by atomic mass is 9.87. The standard InChI is InChI=1S/C30H58O4Si2/c1-13-14-15-17-29(8,34-36(11,12)28(5,6)7)18-16-22-24-20-30(21-31)26(32-30)23(24)19-25(22)33-35(9,10)27(2,3)4/h16,18,22-26,31H,13-15,17,19-21H2,1-12H3/b18-16+/t22-,23-,24+,25+,26?,29?,30?/m0/s1. The van der Waals surface area contributed by atoms with Gasteiger partial charge in [-0.15, -0.1) is 0 Å². The Kier molecular flexibility index (Phi) is 8.66. The molecule has 4 nitrogen and oxygen atoms in total. The Labute approximate surface area is 225 Å². The molecule has 36 heavy (non-hydrogen) atoms. The zero-order valence-corrected chi connectivity index (χ0v) is 27.7. The first-order valence-corrected chi connectivity index (χ1v) is 20.5. The highest BCUT2D eigenvalue weighted by Crippen LogP contribution is 2.63. The molecule has 1 heterocycles. The Bertz CT molecular complexity index is 796. The molecule has 1 aliphatic heterocycles. The van der Waals surface area contributed by atoms with Crippen LogP contribution in [0.4, 0.5) is 0 Å². The van der Waals surface area contributed by atoms with Crippen molar-refractivity contribution in [3.63, 3.8) is 0 Å². The lowest BCUT2D eigenvalue weighted by Crippen LogP contribution is -2.48. The Hall–Kier alpha value is 0.0138. The van der Waals surface area contributed by atoms with E-state index in [0.29, 0.717) is 17.8 Å². The number of ether oxygens (including phenoxy) is 1. The fourth-order valence-electron chi connectivity index (χ4n) is 6.14. The lowest BCUT2D eigenvalue weighted by Gasteiger charge is -2.44. The first-order chi connectivity index (χ1) is 16.3. The third kappa shape index (κ3) is 6.09. The zero-order chi connectivity index (χ0) is 27.4. The zero-order valence-electron chi connectivity index (χ0n) is 25.7. The van der Waals surface area contributed by atoms with Gasteiger partial charge in [-0.2, -0.15) is 0 Å². The van der Waals surface area contributed by atoms with Gasteiger partial charge in [0.25, 0.3) is 0 Å². The second-order valence-electron chi connectivity index (χ2n) is 15.5. The van der Waals surface area contributed by atoms with Crippen LogP contribution in [0.5, 0.6) is 0 Å². The van der Waals surface area contributed by atoms with E-state index in [4.69, 9.17) is 13.6 Å². The smallest absolute Gasteiger partial charge is 0.193 e. The van der Waals surface area contributed by atoms with Crippen molar-refractivity contribution in [2.45, 2.75) is 154 Å². The molecule has 0 aromatic rings. The summed E-state index contributed by atoms with van der Waals surface area (Å²) in [5.74, 6) is 1.38. The number of hydrogen-bond acceptors (Lipinski definition) is 4. The van der Waals surface area contributed by atoms with Crippen LogP contribution in [-0.4, -0.2) is 51.8 Å². The molecular formula is C30H58O4Si2. The van der Waals surface area contributed by atoms with Crippen molar-refractivity contribution in [3.05, 3.63) is 12.2 Å². The third-order valence-electron chi connectivity index (χ3n) is 10.5. The van der Waals surface area contributed by atoms with Crippen molar-refractivity contribution >= 4 is 16.6 Å². The summed E-state index contributed by atoms with van der Waals surface area (Å²) in [5, 5.41) is 10.4. The van der Waals surface area contributed by atoms with Crippen molar-refractivity contribution in [3.8, 4) is 0 Å². The molecule has 3 aliphatic rings. The molecule has 1 saturated heterocycles. The Balaban J connectivity index is 1.89. The minimum Gasteiger partial charge on any atom is -0.413 e. The number of rotatable bonds is 11. The minimum absolute atomic E-state index is 0.151. The van der Waals surface area contributed by atoms with E-state index in [9.17, 15) is 5.11 Å². The second-order valence-corrected chi connectivity index (χ2v) is 25.0. The lowest BCUT2D eigenvalue weighted by molar-refractivity contribution is 0.101. The van der Waals surface area contributed by atoms with Gasteiger partial charge in [0.15, 0.2) is 16.6 Å². The number of hydrogen-bond donors (Lipinski definition) is 1. The number of unbranched alkanes of at least 4 members (excludes halogenated alkanes) is 2. The van der Waals surface area contributed by atoms with Crippen LogP contribution < -0.4 is 0 Å². The number of epoxide rings is 1. The molecule has 0 radical (unpaired) electrons. The van der Waals surface area contributed by atoms with E-state index in [1.807, 2.05) is 0 Å². The van der Waals surface area contributed by atoms with Crippen LogP contribution in [0.15, 0.2) is 12.2 Å². The molecular weight excluding hydrogens is 480 g/mol. The molecule has 2 aliphatic carbocycles. The molecule has 0 aromatic heterocycles. The summed E-state index contributed by atoms with van der Waals surface area (Å²) >= 11 is 0. The summed E-state index contributed by atoms with van der Waals surface area (Å²) in [7, 11) is -3.84. The fourth-order valence-corrected chi connectivity index (χ4v) is 9.15. The summed E-state index contributed by atoms with van der Waals surface area (Å²) in [6.07, 6.45) is 12.1. The van der Waals surface area contributed by atoms with E-state index in [1.54, 1.807) is 0 Å². The van der Waals surface area contributed by atoms with Gasteiger partial charge in [-0.1, -0.05) is 79.9 Å². The van der Waals surface area contributed by atoms with Crippen molar-refractivity contribution in [1.82, 2.24) is 0 Å². The number of fused-ring (bicyclic) bond motifs is 3. The monoisotopic (exact) mass is 538 g/mol. The SMILES string of the molecule is CCCCCC(C)(/C=C/[C@H]1[C@H]2CC3(CO)OC3[C@H]2C[C@H]1O[Si](C)(C)C(C)(C)C)O[Si](C)(C)C(C)(C)C. The van der Waals surface area contributed by atoms with E-state index >= 15 is 0 Å². The molecule has 0 aromatic carbocycles. The molecule has 6 heteroatoms. The normalized spacial score (nSPS) is 34.6. The molecule has 3 rings (SSSR count). The molecule has 3 fully saturated rings. The van der Waals surface area contributed by atoms with E-state index in [2.05, 4.69) is 93.7 Å². The van der Waals surface area contributed by atoms with Gasteiger partial charge in [0.05, 0.1) is 24.4 Å². The maximum atomic E-state index is 10.1. The first-order valence-electron chi connectivity index (χ1n) is 14.7. The van der Waals surface area contributed by atoms with E-state index in [-0.39, 0.29) is 40.1 Å². The fraction of sp³-hybridized carbons (Fsp3) is 0.933. The van der Waals surface area contributed by atoms with Crippen LogP contribution in [0.1, 0.15) is 93.9 Å². The number of aliphatic hydroxyl groups excluding tert-OH is 1. The summed E-state index contributed by atoms with van der Waals surface area (Å²) in [5.41, 5.74) is -0.532. The average Bonchev–Trinajstić information content (AvgIpc) is 3.21.